The second-order valence-electron chi connectivity index (χ2n) is 12.0. The van der Waals surface area contributed by atoms with Gasteiger partial charge in [0.15, 0.2) is 0 Å². The molecule has 3 amide bonds. The Morgan fingerprint density at radius 2 is 1.85 bits per heavy atom. The lowest BCUT2D eigenvalue weighted by Crippen LogP contribution is -2.35. The summed E-state index contributed by atoms with van der Waals surface area (Å²) in [7, 11) is 3.87. The lowest BCUT2D eigenvalue weighted by atomic mass is 9.99. The van der Waals surface area contributed by atoms with Crippen LogP contribution in [-0.4, -0.2) is 75.6 Å². The van der Waals surface area contributed by atoms with Gasteiger partial charge < -0.3 is 9.80 Å². The van der Waals surface area contributed by atoms with E-state index in [9.17, 15) is 27.6 Å². The molecule has 8 nitrogen and oxygen atoms in total. The highest BCUT2D eigenvalue weighted by atomic mass is 32.1. The fraction of sp³-hybridized carbons (Fsp3) is 0.483. The number of carbonyl (C=O) groups excluding carboxylic acids is 3. The summed E-state index contributed by atoms with van der Waals surface area (Å²) in [6.07, 6.45) is -2.47. The smallest absolute Gasteiger partial charge is 0.337 e. The minimum Gasteiger partial charge on any atom is -0.337 e. The molecule has 2 unspecified atom stereocenters. The van der Waals surface area contributed by atoms with Gasteiger partial charge in [0.2, 0.25) is 11.8 Å². The highest BCUT2D eigenvalue weighted by Gasteiger charge is 2.72. The number of fused-ring (bicyclic) bond motifs is 2. The van der Waals surface area contributed by atoms with Crippen molar-refractivity contribution in [2.75, 3.05) is 27.2 Å². The number of halogens is 3. The number of rotatable bonds is 5. The van der Waals surface area contributed by atoms with Crippen molar-refractivity contribution in [1.29, 1.82) is 0 Å². The number of aromatic nitrogens is 2. The van der Waals surface area contributed by atoms with Gasteiger partial charge >= 0.3 is 6.18 Å². The van der Waals surface area contributed by atoms with Gasteiger partial charge in [0.25, 0.3) is 5.91 Å². The molecular weight excluding hydrogens is 555 g/mol. The third kappa shape index (κ3) is 4.42. The zero-order chi connectivity index (χ0) is 29.6. The maximum absolute atomic E-state index is 13.9. The number of piperidine rings is 1. The second kappa shape index (κ2) is 9.32. The second-order valence-corrected chi connectivity index (χ2v) is 13.2. The molecule has 216 valence electrons. The van der Waals surface area contributed by atoms with Crippen LogP contribution >= 0.6 is 11.3 Å². The van der Waals surface area contributed by atoms with Crippen LogP contribution in [-0.2, 0) is 22.3 Å². The number of carbonyl (C=O) groups is 3. The Hall–Kier alpha value is -3.38. The van der Waals surface area contributed by atoms with Crippen molar-refractivity contribution in [1.82, 2.24) is 24.7 Å². The largest absolute Gasteiger partial charge is 0.433 e. The summed E-state index contributed by atoms with van der Waals surface area (Å²) < 4.78 is 42.3. The van der Waals surface area contributed by atoms with Gasteiger partial charge in [0.1, 0.15) is 5.69 Å². The predicted octanol–water partition coefficient (Wildman–Crippen LogP) is 4.60. The Morgan fingerprint density at radius 3 is 2.46 bits per heavy atom. The summed E-state index contributed by atoms with van der Waals surface area (Å²) in [5.74, 6) is -1.36. The highest BCUT2D eigenvalue weighted by molar-refractivity contribution is 7.19. The SMILES string of the molecule is Cc1cc(C(F)(F)F)nc(-c2ccnc3cc(CN4C(=O)C5C(C4=O)C5(C)C)sc23)c1C(=O)N1CC[C@H](N(C)C)C1. The van der Waals surface area contributed by atoms with Crippen LogP contribution in [0.2, 0.25) is 0 Å². The predicted molar refractivity (Wildman–Crippen MR) is 147 cm³/mol. The number of hydrogen-bond donors (Lipinski definition) is 0. The van der Waals surface area contributed by atoms with Gasteiger partial charge in [-0.25, -0.2) is 4.98 Å². The van der Waals surface area contributed by atoms with E-state index < -0.39 is 11.9 Å². The van der Waals surface area contributed by atoms with Crippen LogP contribution in [0.5, 0.6) is 0 Å². The first-order valence-corrected chi connectivity index (χ1v) is 14.3. The van der Waals surface area contributed by atoms with E-state index in [2.05, 4.69) is 9.97 Å². The highest BCUT2D eigenvalue weighted by Crippen LogP contribution is 2.63. The molecule has 3 atom stereocenters. The Kier molecular flexibility index (Phi) is 6.31. The first kappa shape index (κ1) is 27.8. The number of amides is 3. The average molecular weight is 586 g/mol. The van der Waals surface area contributed by atoms with Gasteiger partial charge in [-0.2, -0.15) is 13.2 Å². The van der Waals surface area contributed by atoms with Gasteiger partial charge in [0, 0.05) is 35.8 Å². The minimum absolute atomic E-state index is 0.0484. The van der Waals surface area contributed by atoms with Crippen LogP contribution in [0.1, 0.15) is 46.8 Å². The Labute approximate surface area is 239 Å². The average Bonchev–Trinajstić information content (AvgIpc) is 3.33. The number of thiophene rings is 1. The van der Waals surface area contributed by atoms with Crippen molar-refractivity contribution in [2.24, 2.45) is 17.3 Å². The van der Waals surface area contributed by atoms with Crippen LogP contribution in [0.4, 0.5) is 13.2 Å². The van der Waals surface area contributed by atoms with E-state index in [1.54, 1.807) is 17.0 Å². The molecule has 3 aromatic rings. The lowest BCUT2D eigenvalue weighted by Gasteiger charge is -2.23. The van der Waals surface area contributed by atoms with E-state index in [0.717, 1.165) is 12.5 Å². The van der Waals surface area contributed by atoms with E-state index in [4.69, 9.17) is 0 Å². The maximum Gasteiger partial charge on any atom is 0.433 e. The zero-order valence-electron chi connectivity index (χ0n) is 23.4. The monoisotopic (exact) mass is 585 g/mol. The Bertz CT molecular complexity index is 1590. The van der Waals surface area contributed by atoms with E-state index >= 15 is 0 Å². The van der Waals surface area contributed by atoms with Crippen LogP contribution < -0.4 is 0 Å². The van der Waals surface area contributed by atoms with Crippen molar-refractivity contribution in [3.8, 4) is 11.3 Å². The molecule has 0 aromatic carbocycles. The van der Waals surface area contributed by atoms with Crippen LogP contribution in [0.25, 0.3) is 21.5 Å². The number of imide groups is 1. The van der Waals surface area contributed by atoms with Crippen molar-refractivity contribution >= 4 is 39.3 Å². The molecule has 3 aromatic heterocycles. The lowest BCUT2D eigenvalue weighted by molar-refractivity contribution is -0.144. The molecule has 0 radical (unpaired) electrons. The quantitative estimate of drug-likeness (QED) is 0.407. The fourth-order valence-corrected chi connectivity index (χ4v) is 7.47. The van der Waals surface area contributed by atoms with Crippen molar-refractivity contribution in [3.05, 3.63) is 46.1 Å². The number of aryl methyl sites for hydroxylation is 1. The van der Waals surface area contributed by atoms with E-state index in [1.807, 2.05) is 32.8 Å². The normalized spacial score (nSPS) is 23.7. The van der Waals surface area contributed by atoms with Gasteiger partial charge in [-0.1, -0.05) is 13.8 Å². The first-order chi connectivity index (χ1) is 19.2. The van der Waals surface area contributed by atoms with E-state index in [-0.39, 0.29) is 64.4 Å². The standard InChI is InChI=1S/C29H30F3N5O3S/c1-14-10-19(29(30,31)32)34-23(20(14)25(38)36-9-7-15(12-36)35(4)5)17-6-8-33-18-11-16(41-24(17)18)13-37-26(39)21-22(27(37)40)28(21,2)3/h6,8,10-11,15,21-22H,7,9,12-13H2,1-5H3/t15-,21?,22?/m0/s1. The van der Waals surface area contributed by atoms with Gasteiger partial charge in [0.05, 0.1) is 39.9 Å². The Balaban J connectivity index is 1.41. The molecule has 2 saturated heterocycles. The van der Waals surface area contributed by atoms with Gasteiger partial charge in [-0.05, 0) is 56.6 Å². The van der Waals surface area contributed by atoms with Gasteiger partial charge in [-0.15, -0.1) is 11.3 Å². The summed E-state index contributed by atoms with van der Waals surface area (Å²) in [5, 5.41) is 0. The number of nitrogens with zero attached hydrogens (tertiary/aromatic N) is 5. The van der Waals surface area contributed by atoms with Crippen molar-refractivity contribution in [2.45, 2.75) is 46.0 Å². The van der Waals surface area contributed by atoms with Gasteiger partial charge in [-0.3, -0.25) is 24.3 Å². The fourth-order valence-electron chi connectivity index (χ4n) is 6.36. The molecule has 0 bridgehead atoms. The molecule has 5 heterocycles. The molecule has 0 N–H and O–H groups in total. The summed E-state index contributed by atoms with van der Waals surface area (Å²) >= 11 is 1.24. The molecule has 12 heteroatoms. The maximum atomic E-state index is 13.9. The Morgan fingerprint density at radius 1 is 1.17 bits per heavy atom. The summed E-state index contributed by atoms with van der Waals surface area (Å²) in [5.41, 5.74) is -0.271. The van der Waals surface area contributed by atoms with Crippen molar-refractivity contribution < 1.29 is 27.6 Å². The number of hydrogen-bond acceptors (Lipinski definition) is 7. The molecule has 3 fully saturated rings. The van der Waals surface area contributed by atoms with Crippen molar-refractivity contribution in [3.63, 3.8) is 0 Å². The summed E-state index contributed by atoms with van der Waals surface area (Å²) in [4.78, 5) is 53.6. The summed E-state index contributed by atoms with van der Waals surface area (Å²) in [6.45, 7) is 6.36. The van der Waals surface area contributed by atoms with E-state index in [0.29, 0.717) is 33.7 Å². The third-order valence-corrected chi connectivity index (χ3v) is 9.97. The topological polar surface area (TPSA) is 86.7 Å². The number of alkyl halides is 3. The zero-order valence-corrected chi connectivity index (χ0v) is 24.2. The molecule has 6 rings (SSSR count). The summed E-state index contributed by atoms with van der Waals surface area (Å²) in [6, 6.07) is 4.39. The van der Waals surface area contributed by atoms with Crippen LogP contribution in [0.3, 0.4) is 0 Å². The molecular formula is C29H30F3N5O3S. The van der Waals surface area contributed by atoms with Crippen LogP contribution in [0, 0.1) is 24.2 Å². The number of likely N-dealkylation sites (N-methyl/N-ethyl adjacent to an activating group) is 1. The van der Waals surface area contributed by atoms with Crippen LogP contribution in [0.15, 0.2) is 24.4 Å². The molecule has 3 aliphatic rings. The molecule has 1 aliphatic carbocycles. The van der Waals surface area contributed by atoms with E-state index in [1.165, 1.54) is 29.4 Å². The molecule has 1 saturated carbocycles. The molecule has 41 heavy (non-hydrogen) atoms. The minimum atomic E-state index is -4.71. The number of pyridine rings is 2. The number of likely N-dealkylation sites (tertiary alicyclic amines) is 2. The first-order valence-electron chi connectivity index (χ1n) is 13.5. The molecule has 2 aliphatic heterocycles. The third-order valence-electron chi connectivity index (χ3n) is 8.83. The molecule has 0 spiro atoms.